The lowest BCUT2D eigenvalue weighted by molar-refractivity contribution is 0.199. The third kappa shape index (κ3) is 4.13. The number of hydrogen-bond donors (Lipinski definition) is 1. The number of nitrogens with one attached hydrogen (secondary N) is 1. The summed E-state index contributed by atoms with van der Waals surface area (Å²) in [7, 11) is 0. The van der Waals surface area contributed by atoms with Crippen LogP contribution in [0.1, 0.15) is 11.3 Å². The van der Waals surface area contributed by atoms with Crippen LogP contribution in [0.3, 0.4) is 0 Å². The van der Waals surface area contributed by atoms with E-state index < -0.39 is 6.09 Å². The van der Waals surface area contributed by atoms with Crippen molar-refractivity contribution in [2.75, 3.05) is 0 Å². The monoisotopic (exact) mass is 375 g/mol. The SMILES string of the molecule is Cc1c(OC(=O)NCc2ccc(Cl)c(Cl)c2)cnn1-c1ccccc1. The molecule has 0 saturated heterocycles. The Morgan fingerprint density at radius 3 is 2.64 bits per heavy atom. The summed E-state index contributed by atoms with van der Waals surface area (Å²) in [5.74, 6) is 0.399. The second-order valence-corrected chi connectivity index (χ2v) is 6.15. The highest BCUT2D eigenvalue weighted by Gasteiger charge is 2.13. The Kier molecular flexibility index (Phi) is 5.26. The van der Waals surface area contributed by atoms with Crippen LogP contribution >= 0.6 is 23.2 Å². The fourth-order valence-electron chi connectivity index (χ4n) is 2.28. The standard InChI is InChI=1S/C18H15Cl2N3O2/c1-12-17(11-22-23(12)14-5-3-2-4-6-14)25-18(24)21-10-13-7-8-15(19)16(20)9-13/h2-9,11H,10H2,1H3,(H,21,24). The van der Waals surface area contributed by atoms with Gasteiger partial charge in [-0.1, -0.05) is 47.5 Å². The van der Waals surface area contributed by atoms with Crippen LogP contribution in [0.25, 0.3) is 5.69 Å². The molecule has 1 aromatic heterocycles. The molecule has 1 heterocycles. The van der Waals surface area contributed by atoms with Crippen molar-refractivity contribution in [2.45, 2.75) is 13.5 Å². The number of aromatic nitrogens is 2. The Bertz CT molecular complexity index is 895. The van der Waals surface area contributed by atoms with Crippen LogP contribution < -0.4 is 10.1 Å². The molecular formula is C18H15Cl2N3O2. The van der Waals surface area contributed by atoms with Crippen molar-refractivity contribution in [2.24, 2.45) is 0 Å². The molecule has 0 spiro atoms. The van der Waals surface area contributed by atoms with Gasteiger partial charge < -0.3 is 10.1 Å². The van der Waals surface area contributed by atoms with Crippen molar-refractivity contribution >= 4 is 29.3 Å². The Balaban J connectivity index is 1.63. The number of amides is 1. The quantitative estimate of drug-likeness (QED) is 0.713. The lowest BCUT2D eigenvalue weighted by atomic mass is 10.2. The summed E-state index contributed by atoms with van der Waals surface area (Å²) < 4.78 is 7.04. The van der Waals surface area contributed by atoms with Crippen LogP contribution in [-0.4, -0.2) is 15.9 Å². The van der Waals surface area contributed by atoms with E-state index in [0.29, 0.717) is 15.8 Å². The average molecular weight is 376 g/mol. The first-order chi connectivity index (χ1) is 12.0. The maximum Gasteiger partial charge on any atom is 0.412 e. The van der Waals surface area contributed by atoms with Gasteiger partial charge in [0, 0.05) is 6.54 Å². The summed E-state index contributed by atoms with van der Waals surface area (Å²) in [6, 6.07) is 14.8. The second-order valence-electron chi connectivity index (χ2n) is 5.33. The molecule has 1 N–H and O–H groups in total. The van der Waals surface area contributed by atoms with Crippen LogP contribution in [0.15, 0.2) is 54.7 Å². The van der Waals surface area contributed by atoms with Gasteiger partial charge in [0.15, 0.2) is 5.75 Å². The van der Waals surface area contributed by atoms with E-state index in [1.165, 1.54) is 6.20 Å². The summed E-state index contributed by atoms with van der Waals surface area (Å²) in [5, 5.41) is 7.84. The summed E-state index contributed by atoms with van der Waals surface area (Å²) in [6.45, 7) is 2.11. The van der Waals surface area contributed by atoms with E-state index in [1.807, 2.05) is 37.3 Å². The fraction of sp³-hybridized carbons (Fsp3) is 0.111. The molecule has 0 atom stereocenters. The molecule has 0 bridgehead atoms. The van der Waals surface area contributed by atoms with Gasteiger partial charge in [0.2, 0.25) is 0 Å². The normalized spacial score (nSPS) is 10.5. The molecule has 0 aliphatic rings. The topological polar surface area (TPSA) is 56.1 Å². The van der Waals surface area contributed by atoms with Gasteiger partial charge in [-0.15, -0.1) is 0 Å². The number of halogens is 2. The molecule has 5 nitrogen and oxygen atoms in total. The Morgan fingerprint density at radius 2 is 1.92 bits per heavy atom. The third-order valence-electron chi connectivity index (χ3n) is 3.59. The van der Waals surface area contributed by atoms with Gasteiger partial charge >= 0.3 is 6.09 Å². The highest BCUT2D eigenvalue weighted by Crippen LogP contribution is 2.23. The zero-order valence-corrected chi connectivity index (χ0v) is 14.9. The summed E-state index contributed by atoms with van der Waals surface area (Å²) in [5.41, 5.74) is 2.45. The molecule has 3 rings (SSSR count). The number of ether oxygens (including phenoxy) is 1. The second kappa shape index (κ2) is 7.59. The number of carbonyl (C=O) groups is 1. The number of carbonyl (C=O) groups excluding carboxylic acids is 1. The minimum Gasteiger partial charge on any atom is -0.407 e. The Hall–Kier alpha value is -2.50. The minimum absolute atomic E-state index is 0.279. The van der Waals surface area contributed by atoms with Gasteiger partial charge in [0.25, 0.3) is 0 Å². The van der Waals surface area contributed by atoms with Crippen molar-refractivity contribution in [3.8, 4) is 11.4 Å². The van der Waals surface area contributed by atoms with Gasteiger partial charge in [-0.2, -0.15) is 5.10 Å². The zero-order valence-electron chi connectivity index (χ0n) is 13.4. The molecule has 1 amide bonds. The van der Waals surface area contributed by atoms with Crippen LogP contribution in [0.4, 0.5) is 4.79 Å². The molecule has 128 valence electrons. The number of rotatable bonds is 4. The molecule has 0 unspecified atom stereocenters. The van der Waals surface area contributed by atoms with Crippen molar-refractivity contribution in [1.29, 1.82) is 0 Å². The third-order valence-corrected chi connectivity index (χ3v) is 4.33. The molecule has 25 heavy (non-hydrogen) atoms. The van der Waals surface area contributed by atoms with E-state index in [9.17, 15) is 4.79 Å². The minimum atomic E-state index is -0.568. The lowest BCUT2D eigenvalue weighted by Crippen LogP contribution is -2.26. The van der Waals surface area contributed by atoms with Crippen LogP contribution in [0, 0.1) is 6.92 Å². The molecule has 0 aliphatic heterocycles. The number of hydrogen-bond acceptors (Lipinski definition) is 3. The van der Waals surface area contributed by atoms with E-state index in [4.69, 9.17) is 27.9 Å². The first-order valence-electron chi connectivity index (χ1n) is 7.54. The molecule has 7 heteroatoms. The molecule has 0 fully saturated rings. The van der Waals surface area contributed by atoms with Crippen LogP contribution in [0.2, 0.25) is 10.0 Å². The van der Waals surface area contributed by atoms with Crippen molar-refractivity contribution < 1.29 is 9.53 Å². The fourth-order valence-corrected chi connectivity index (χ4v) is 2.60. The van der Waals surface area contributed by atoms with Gasteiger partial charge in [0.05, 0.1) is 27.6 Å². The van der Waals surface area contributed by atoms with Gasteiger partial charge in [-0.3, -0.25) is 0 Å². The smallest absolute Gasteiger partial charge is 0.407 e. The van der Waals surface area contributed by atoms with Crippen LogP contribution in [-0.2, 0) is 6.54 Å². The Labute approximate surface area is 155 Å². The van der Waals surface area contributed by atoms with E-state index in [-0.39, 0.29) is 6.54 Å². The summed E-state index contributed by atoms with van der Waals surface area (Å²) >= 11 is 11.8. The van der Waals surface area contributed by atoms with Crippen molar-refractivity contribution in [3.63, 3.8) is 0 Å². The highest BCUT2D eigenvalue weighted by atomic mass is 35.5. The largest absolute Gasteiger partial charge is 0.412 e. The average Bonchev–Trinajstić information content (AvgIpc) is 2.97. The molecule has 0 radical (unpaired) electrons. The number of para-hydroxylation sites is 1. The first-order valence-corrected chi connectivity index (χ1v) is 8.30. The summed E-state index contributed by atoms with van der Waals surface area (Å²) in [4.78, 5) is 12.0. The van der Waals surface area contributed by atoms with Gasteiger partial charge in [0.1, 0.15) is 0 Å². The molecular weight excluding hydrogens is 361 g/mol. The number of benzene rings is 2. The predicted molar refractivity (Wildman–Crippen MR) is 97.6 cm³/mol. The van der Waals surface area contributed by atoms with E-state index >= 15 is 0 Å². The van der Waals surface area contributed by atoms with E-state index in [2.05, 4.69) is 10.4 Å². The zero-order chi connectivity index (χ0) is 17.8. The van der Waals surface area contributed by atoms with Gasteiger partial charge in [-0.25, -0.2) is 9.48 Å². The lowest BCUT2D eigenvalue weighted by Gasteiger charge is -2.08. The van der Waals surface area contributed by atoms with Crippen molar-refractivity contribution in [1.82, 2.24) is 15.1 Å². The van der Waals surface area contributed by atoms with Crippen LogP contribution in [0.5, 0.6) is 5.75 Å². The molecule has 2 aromatic carbocycles. The number of nitrogens with zero attached hydrogens (tertiary/aromatic N) is 2. The van der Waals surface area contributed by atoms with E-state index in [1.54, 1.807) is 22.9 Å². The molecule has 3 aromatic rings. The maximum absolute atomic E-state index is 12.0. The van der Waals surface area contributed by atoms with E-state index in [0.717, 1.165) is 16.9 Å². The predicted octanol–water partition coefficient (Wildman–Crippen LogP) is 4.78. The Morgan fingerprint density at radius 1 is 1.16 bits per heavy atom. The summed E-state index contributed by atoms with van der Waals surface area (Å²) in [6.07, 6.45) is 0.947. The molecule has 0 aliphatic carbocycles. The van der Waals surface area contributed by atoms with Gasteiger partial charge in [-0.05, 0) is 36.8 Å². The maximum atomic E-state index is 12.0. The first kappa shape index (κ1) is 17.3. The van der Waals surface area contributed by atoms with Crippen molar-refractivity contribution in [3.05, 3.63) is 76.0 Å². The molecule has 0 saturated carbocycles. The highest BCUT2D eigenvalue weighted by molar-refractivity contribution is 6.42.